The van der Waals surface area contributed by atoms with Crippen molar-refractivity contribution in [1.29, 1.82) is 0 Å². The third-order valence-corrected chi connectivity index (χ3v) is 2.72. The molecule has 0 atom stereocenters. The Labute approximate surface area is 121 Å². The lowest BCUT2D eigenvalue weighted by molar-refractivity contribution is 0.0983. The summed E-state index contributed by atoms with van der Waals surface area (Å²) in [7, 11) is 5.14. The lowest BCUT2D eigenvalue weighted by Crippen LogP contribution is -2.10. The van der Waals surface area contributed by atoms with Gasteiger partial charge in [0.1, 0.15) is 6.61 Å². The molecule has 0 aromatic heterocycles. The lowest BCUT2D eigenvalue weighted by atomic mass is 10.2. The van der Waals surface area contributed by atoms with Crippen LogP contribution in [0.4, 0.5) is 0 Å². The van der Waals surface area contributed by atoms with Gasteiger partial charge in [-0.15, -0.1) is 0 Å². The summed E-state index contributed by atoms with van der Waals surface area (Å²) in [6.07, 6.45) is 1.01. The molecule has 0 amide bonds. The van der Waals surface area contributed by atoms with E-state index < -0.39 is 0 Å². The first-order valence-corrected chi connectivity index (χ1v) is 6.86. The maximum atomic E-state index is 5.73. The number of nitrogens with one attached hydrogen (secondary N) is 1. The fraction of sp³-hybridized carbons (Fsp3) is 0.600. The van der Waals surface area contributed by atoms with Gasteiger partial charge in [0.05, 0.1) is 20.8 Å². The van der Waals surface area contributed by atoms with Crippen molar-refractivity contribution in [3.63, 3.8) is 0 Å². The zero-order valence-corrected chi connectivity index (χ0v) is 12.8. The van der Waals surface area contributed by atoms with E-state index in [1.807, 2.05) is 19.2 Å². The van der Waals surface area contributed by atoms with E-state index in [0.29, 0.717) is 30.5 Å². The number of benzene rings is 1. The van der Waals surface area contributed by atoms with Crippen LogP contribution in [0.1, 0.15) is 18.9 Å². The fourth-order valence-corrected chi connectivity index (χ4v) is 1.83. The molecule has 0 spiro atoms. The summed E-state index contributed by atoms with van der Waals surface area (Å²) in [5, 5.41) is 3.10. The van der Waals surface area contributed by atoms with Gasteiger partial charge < -0.3 is 24.3 Å². The van der Waals surface area contributed by atoms with Crippen molar-refractivity contribution in [2.45, 2.75) is 19.9 Å². The topological polar surface area (TPSA) is 49.0 Å². The smallest absolute Gasteiger partial charge is 0.203 e. The summed E-state index contributed by atoms with van der Waals surface area (Å²) in [5.41, 5.74) is 1.08. The molecule has 1 N–H and O–H groups in total. The summed E-state index contributed by atoms with van der Waals surface area (Å²) < 4.78 is 21.9. The van der Waals surface area contributed by atoms with Gasteiger partial charge in [0, 0.05) is 13.2 Å². The highest BCUT2D eigenvalue weighted by Gasteiger charge is 2.13. The molecule has 0 bridgehead atoms. The molecule has 0 saturated heterocycles. The molecule has 0 aliphatic carbocycles. The van der Waals surface area contributed by atoms with Gasteiger partial charge in [-0.05, 0) is 31.2 Å². The van der Waals surface area contributed by atoms with Gasteiger partial charge >= 0.3 is 0 Å². The minimum atomic E-state index is 0.470. The number of ether oxygens (including phenoxy) is 4. The van der Waals surface area contributed by atoms with Crippen molar-refractivity contribution in [2.24, 2.45) is 0 Å². The predicted molar refractivity (Wildman–Crippen MR) is 78.9 cm³/mol. The molecule has 1 rings (SSSR count). The standard InChI is InChI=1S/C15H25NO4/c1-5-6-19-7-8-20-15-13(17-3)9-12(11-16-2)10-14(15)18-4/h9-10,16H,5-8,11H2,1-4H3. The first-order valence-electron chi connectivity index (χ1n) is 6.86. The first-order chi connectivity index (χ1) is 9.76. The highest BCUT2D eigenvalue weighted by Crippen LogP contribution is 2.38. The Balaban J connectivity index is 2.76. The maximum absolute atomic E-state index is 5.73. The Morgan fingerprint density at radius 2 is 1.65 bits per heavy atom. The SMILES string of the molecule is CCCOCCOc1c(OC)cc(CNC)cc1OC. The van der Waals surface area contributed by atoms with Gasteiger partial charge in [0.15, 0.2) is 11.5 Å². The van der Waals surface area contributed by atoms with Crippen molar-refractivity contribution >= 4 is 0 Å². The van der Waals surface area contributed by atoms with Crippen molar-refractivity contribution in [1.82, 2.24) is 5.32 Å². The van der Waals surface area contributed by atoms with Crippen molar-refractivity contribution in [3.05, 3.63) is 17.7 Å². The van der Waals surface area contributed by atoms with Gasteiger partial charge in [-0.25, -0.2) is 0 Å². The second-order valence-electron chi connectivity index (χ2n) is 4.32. The summed E-state index contributed by atoms with van der Waals surface area (Å²) in [6.45, 7) is 4.59. The second kappa shape index (κ2) is 9.44. The van der Waals surface area contributed by atoms with Gasteiger partial charge in [0.25, 0.3) is 0 Å². The van der Waals surface area contributed by atoms with Crippen LogP contribution in [0.25, 0.3) is 0 Å². The Morgan fingerprint density at radius 3 is 2.15 bits per heavy atom. The predicted octanol–water partition coefficient (Wildman–Crippen LogP) is 2.23. The van der Waals surface area contributed by atoms with Crippen molar-refractivity contribution < 1.29 is 18.9 Å². The minimum Gasteiger partial charge on any atom is -0.493 e. The molecule has 0 saturated carbocycles. The first kappa shape index (κ1) is 16.6. The van der Waals surface area contributed by atoms with E-state index in [1.54, 1.807) is 14.2 Å². The van der Waals surface area contributed by atoms with Gasteiger partial charge in [-0.2, -0.15) is 0 Å². The summed E-state index contributed by atoms with van der Waals surface area (Å²) in [4.78, 5) is 0. The van der Waals surface area contributed by atoms with Gasteiger partial charge in [-0.3, -0.25) is 0 Å². The lowest BCUT2D eigenvalue weighted by Gasteiger charge is -2.16. The molecule has 0 fully saturated rings. The monoisotopic (exact) mass is 283 g/mol. The molecule has 1 aromatic rings. The second-order valence-corrected chi connectivity index (χ2v) is 4.32. The number of rotatable bonds is 10. The number of hydrogen-bond donors (Lipinski definition) is 1. The van der Waals surface area contributed by atoms with Crippen LogP contribution < -0.4 is 19.5 Å². The molecule has 0 aliphatic heterocycles. The van der Waals surface area contributed by atoms with Crippen LogP contribution >= 0.6 is 0 Å². The van der Waals surface area contributed by atoms with Crippen LogP contribution in [-0.2, 0) is 11.3 Å². The highest BCUT2D eigenvalue weighted by molar-refractivity contribution is 5.53. The summed E-state index contributed by atoms with van der Waals surface area (Å²) in [6, 6.07) is 3.89. The van der Waals surface area contributed by atoms with Crippen molar-refractivity contribution in [3.8, 4) is 17.2 Å². The zero-order chi connectivity index (χ0) is 14.8. The van der Waals surface area contributed by atoms with Crippen LogP contribution in [0.3, 0.4) is 0 Å². The van der Waals surface area contributed by atoms with Crippen LogP contribution in [-0.4, -0.2) is 41.1 Å². The molecular formula is C15H25NO4. The van der Waals surface area contributed by atoms with E-state index >= 15 is 0 Å². The van der Waals surface area contributed by atoms with Crippen molar-refractivity contribution in [2.75, 3.05) is 41.1 Å². The molecule has 0 aliphatic rings. The molecule has 20 heavy (non-hydrogen) atoms. The Bertz CT molecular complexity index is 370. The largest absolute Gasteiger partial charge is 0.493 e. The highest BCUT2D eigenvalue weighted by atomic mass is 16.6. The molecule has 1 aromatic carbocycles. The van der Waals surface area contributed by atoms with Crippen LogP contribution in [0.5, 0.6) is 17.2 Å². The third kappa shape index (κ3) is 4.90. The van der Waals surface area contributed by atoms with Crippen LogP contribution in [0, 0.1) is 0 Å². The molecule has 0 radical (unpaired) electrons. The molecule has 0 heterocycles. The summed E-state index contributed by atoms with van der Waals surface area (Å²) >= 11 is 0. The van der Waals surface area contributed by atoms with E-state index in [9.17, 15) is 0 Å². The average Bonchev–Trinajstić information content (AvgIpc) is 2.47. The molecular weight excluding hydrogens is 258 g/mol. The van der Waals surface area contributed by atoms with E-state index in [-0.39, 0.29) is 0 Å². The van der Waals surface area contributed by atoms with E-state index in [1.165, 1.54) is 0 Å². The Hall–Kier alpha value is -1.46. The quantitative estimate of drug-likeness (QED) is 0.667. The Kier molecular flexibility index (Phi) is 7.84. The normalized spacial score (nSPS) is 10.4. The summed E-state index contributed by atoms with van der Waals surface area (Å²) in [5.74, 6) is 1.96. The fourth-order valence-electron chi connectivity index (χ4n) is 1.83. The maximum Gasteiger partial charge on any atom is 0.203 e. The van der Waals surface area contributed by atoms with Gasteiger partial charge in [-0.1, -0.05) is 6.92 Å². The average molecular weight is 283 g/mol. The Morgan fingerprint density at radius 1 is 1.00 bits per heavy atom. The third-order valence-electron chi connectivity index (χ3n) is 2.72. The van der Waals surface area contributed by atoms with Gasteiger partial charge in [0.2, 0.25) is 5.75 Å². The molecule has 5 heteroatoms. The van der Waals surface area contributed by atoms with E-state index in [2.05, 4.69) is 12.2 Å². The zero-order valence-electron chi connectivity index (χ0n) is 12.8. The van der Waals surface area contributed by atoms with E-state index in [0.717, 1.165) is 25.1 Å². The van der Waals surface area contributed by atoms with E-state index in [4.69, 9.17) is 18.9 Å². The van der Waals surface area contributed by atoms with Crippen LogP contribution in [0.15, 0.2) is 12.1 Å². The molecule has 5 nitrogen and oxygen atoms in total. The molecule has 0 unspecified atom stereocenters. The number of hydrogen-bond acceptors (Lipinski definition) is 5. The number of methoxy groups -OCH3 is 2. The van der Waals surface area contributed by atoms with Crippen LogP contribution in [0.2, 0.25) is 0 Å². The molecule has 114 valence electrons. The minimum absolute atomic E-state index is 0.470.